The van der Waals surface area contributed by atoms with Crippen LogP contribution in [-0.4, -0.2) is 44.8 Å². The summed E-state index contributed by atoms with van der Waals surface area (Å²) in [5.74, 6) is 0. The summed E-state index contributed by atoms with van der Waals surface area (Å²) in [5, 5.41) is 3.05. The third kappa shape index (κ3) is 6.73. The van der Waals surface area contributed by atoms with Crippen molar-refractivity contribution >= 4 is 21.8 Å². The van der Waals surface area contributed by atoms with Gasteiger partial charge in [0.2, 0.25) is 10.0 Å². The van der Waals surface area contributed by atoms with E-state index >= 15 is 0 Å². The van der Waals surface area contributed by atoms with E-state index in [9.17, 15) is 8.42 Å². The monoisotopic (exact) mass is 268 g/mol. The second-order valence-corrected chi connectivity index (χ2v) is 7.41. The molecule has 2 unspecified atom stereocenters. The molecule has 0 radical (unpaired) electrons. The third-order valence-corrected chi connectivity index (χ3v) is 5.13. The Bertz CT molecular complexity index is 268. The van der Waals surface area contributed by atoms with Gasteiger partial charge in [-0.2, -0.15) is 11.8 Å². The highest BCUT2D eigenvalue weighted by Crippen LogP contribution is 2.05. The number of nitrogens with one attached hydrogen (secondary N) is 2. The lowest BCUT2D eigenvalue weighted by atomic mass is 10.4. The largest absolute Gasteiger partial charge is 0.315 e. The fraction of sp³-hybridized carbons (Fsp3) is 1.00. The predicted octanol–water partition coefficient (Wildman–Crippen LogP) is 1.05. The molecule has 0 aliphatic rings. The summed E-state index contributed by atoms with van der Waals surface area (Å²) in [7, 11) is -3.17. The van der Waals surface area contributed by atoms with Crippen molar-refractivity contribution < 1.29 is 8.42 Å². The van der Waals surface area contributed by atoms with Crippen LogP contribution in [0.5, 0.6) is 0 Å². The summed E-state index contributed by atoms with van der Waals surface area (Å²) < 4.78 is 26.2. The van der Waals surface area contributed by atoms with Crippen LogP contribution in [0.1, 0.15) is 27.2 Å². The molecule has 98 valence electrons. The Morgan fingerprint density at radius 2 is 1.88 bits per heavy atom. The van der Waals surface area contributed by atoms with Gasteiger partial charge in [-0.1, -0.05) is 13.8 Å². The second-order valence-electron chi connectivity index (χ2n) is 3.95. The number of rotatable bonds is 9. The molecule has 0 fully saturated rings. The average molecular weight is 268 g/mol. The number of thioether (sulfide) groups is 1. The second kappa shape index (κ2) is 8.33. The van der Waals surface area contributed by atoms with Crippen molar-refractivity contribution in [1.29, 1.82) is 0 Å². The van der Waals surface area contributed by atoms with Gasteiger partial charge in [0.25, 0.3) is 0 Å². The molecular formula is C10H24N2O2S2. The summed E-state index contributed by atoms with van der Waals surface area (Å²) in [6.07, 6.45) is 2.99. The van der Waals surface area contributed by atoms with Crippen LogP contribution in [0.25, 0.3) is 0 Å². The fourth-order valence-corrected chi connectivity index (χ4v) is 2.51. The maximum Gasteiger partial charge on any atom is 0.215 e. The van der Waals surface area contributed by atoms with E-state index < -0.39 is 10.0 Å². The highest BCUT2D eigenvalue weighted by atomic mass is 32.2. The molecule has 0 spiro atoms. The minimum Gasteiger partial charge on any atom is -0.315 e. The zero-order chi connectivity index (χ0) is 12.6. The van der Waals surface area contributed by atoms with Gasteiger partial charge in [0.1, 0.15) is 0 Å². The molecule has 0 aromatic heterocycles. The minimum atomic E-state index is -3.17. The van der Waals surface area contributed by atoms with Crippen molar-refractivity contribution in [2.75, 3.05) is 25.9 Å². The first-order valence-electron chi connectivity index (χ1n) is 5.66. The van der Waals surface area contributed by atoms with Gasteiger partial charge in [-0.3, -0.25) is 0 Å². The molecule has 2 atom stereocenters. The van der Waals surface area contributed by atoms with E-state index in [0.29, 0.717) is 18.3 Å². The minimum absolute atomic E-state index is 0.311. The molecule has 16 heavy (non-hydrogen) atoms. The van der Waals surface area contributed by atoms with Crippen molar-refractivity contribution in [3.05, 3.63) is 0 Å². The predicted molar refractivity (Wildman–Crippen MR) is 72.5 cm³/mol. The number of hydrogen-bond acceptors (Lipinski definition) is 4. The van der Waals surface area contributed by atoms with E-state index in [-0.39, 0.29) is 5.25 Å². The molecule has 0 aliphatic heterocycles. The van der Waals surface area contributed by atoms with Crippen molar-refractivity contribution in [3.63, 3.8) is 0 Å². The summed E-state index contributed by atoms with van der Waals surface area (Å²) in [6, 6.07) is 0. The van der Waals surface area contributed by atoms with Crippen LogP contribution in [0.15, 0.2) is 0 Å². The Balaban J connectivity index is 4.01. The quantitative estimate of drug-likeness (QED) is 0.614. The summed E-state index contributed by atoms with van der Waals surface area (Å²) in [4.78, 5) is 0. The van der Waals surface area contributed by atoms with E-state index in [0.717, 1.165) is 13.0 Å². The van der Waals surface area contributed by atoms with Gasteiger partial charge >= 0.3 is 0 Å². The van der Waals surface area contributed by atoms with E-state index in [1.807, 2.05) is 13.2 Å². The normalized spacial score (nSPS) is 16.0. The first-order valence-corrected chi connectivity index (χ1v) is 8.49. The molecule has 0 saturated carbocycles. The van der Waals surface area contributed by atoms with Crippen LogP contribution in [0, 0.1) is 0 Å². The van der Waals surface area contributed by atoms with E-state index in [2.05, 4.69) is 17.0 Å². The Labute approximate surface area is 104 Å². The van der Waals surface area contributed by atoms with Crippen molar-refractivity contribution in [1.82, 2.24) is 10.0 Å². The van der Waals surface area contributed by atoms with Gasteiger partial charge in [0, 0.05) is 18.3 Å². The summed E-state index contributed by atoms with van der Waals surface area (Å²) in [6.45, 7) is 7.67. The maximum atomic E-state index is 11.8. The molecule has 0 heterocycles. The highest BCUT2D eigenvalue weighted by Gasteiger charge is 2.20. The van der Waals surface area contributed by atoms with Crippen LogP contribution in [0.2, 0.25) is 0 Å². The van der Waals surface area contributed by atoms with Gasteiger partial charge in [0.15, 0.2) is 0 Å². The zero-order valence-electron chi connectivity index (χ0n) is 10.6. The topological polar surface area (TPSA) is 58.2 Å². The lowest BCUT2D eigenvalue weighted by Crippen LogP contribution is -2.41. The molecular weight excluding hydrogens is 244 g/mol. The standard InChI is InChI=1S/C10H24N2O2S2/c1-5-6-11-8-10(3)16(13,14)12-7-9(2)15-4/h9-12H,5-8H2,1-4H3. The molecule has 0 aliphatic carbocycles. The van der Waals surface area contributed by atoms with Gasteiger partial charge in [-0.25, -0.2) is 13.1 Å². The van der Waals surface area contributed by atoms with Crippen LogP contribution in [0.4, 0.5) is 0 Å². The SMILES string of the molecule is CCCNCC(C)S(=O)(=O)NCC(C)SC. The maximum absolute atomic E-state index is 11.8. The van der Waals surface area contributed by atoms with Crippen LogP contribution in [-0.2, 0) is 10.0 Å². The van der Waals surface area contributed by atoms with Crippen molar-refractivity contribution in [2.24, 2.45) is 0 Å². The van der Waals surface area contributed by atoms with E-state index in [1.165, 1.54) is 0 Å². The van der Waals surface area contributed by atoms with Crippen LogP contribution < -0.4 is 10.0 Å². The molecule has 0 amide bonds. The Kier molecular flexibility index (Phi) is 8.45. The average Bonchev–Trinajstić information content (AvgIpc) is 2.26. The Morgan fingerprint density at radius 1 is 1.25 bits per heavy atom. The van der Waals surface area contributed by atoms with Crippen molar-refractivity contribution in [2.45, 2.75) is 37.7 Å². The third-order valence-electron chi connectivity index (χ3n) is 2.36. The highest BCUT2D eigenvalue weighted by molar-refractivity contribution is 7.99. The van der Waals surface area contributed by atoms with Gasteiger partial charge < -0.3 is 5.32 Å². The first kappa shape index (κ1) is 16.2. The lowest BCUT2D eigenvalue weighted by molar-refractivity contribution is 0.557. The molecule has 4 nitrogen and oxygen atoms in total. The summed E-state index contributed by atoms with van der Waals surface area (Å²) in [5.41, 5.74) is 0. The molecule has 0 aromatic rings. The van der Waals surface area contributed by atoms with Gasteiger partial charge in [-0.05, 0) is 26.1 Å². The molecule has 0 aromatic carbocycles. The molecule has 6 heteroatoms. The number of hydrogen-bond donors (Lipinski definition) is 2. The molecule has 0 rings (SSSR count). The van der Waals surface area contributed by atoms with Gasteiger partial charge in [-0.15, -0.1) is 0 Å². The first-order chi connectivity index (χ1) is 7.44. The van der Waals surface area contributed by atoms with Crippen LogP contribution >= 0.6 is 11.8 Å². The smallest absolute Gasteiger partial charge is 0.215 e. The van der Waals surface area contributed by atoms with E-state index in [4.69, 9.17) is 0 Å². The lowest BCUT2D eigenvalue weighted by Gasteiger charge is -2.16. The Morgan fingerprint density at radius 3 is 2.38 bits per heavy atom. The molecule has 2 N–H and O–H groups in total. The molecule has 0 saturated heterocycles. The Hall–Kier alpha value is 0.220. The number of sulfonamides is 1. The zero-order valence-corrected chi connectivity index (χ0v) is 12.2. The van der Waals surface area contributed by atoms with Crippen LogP contribution in [0.3, 0.4) is 0 Å². The van der Waals surface area contributed by atoms with Gasteiger partial charge in [0.05, 0.1) is 5.25 Å². The fourth-order valence-electron chi connectivity index (χ4n) is 1.05. The van der Waals surface area contributed by atoms with E-state index in [1.54, 1.807) is 18.7 Å². The molecule has 0 bridgehead atoms. The van der Waals surface area contributed by atoms with Crippen molar-refractivity contribution in [3.8, 4) is 0 Å². The summed E-state index contributed by atoms with van der Waals surface area (Å²) >= 11 is 1.66.